The van der Waals surface area contributed by atoms with Crippen molar-refractivity contribution < 1.29 is 14.4 Å². The van der Waals surface area contributed by atoms with Gasteiger partial charge in [-0.2, -0.15) is 11.8 Å². The molecule has 0 saturated carbocycles. The fourth-order valence-corrected chi connectivity index (χ4v) is 2.16. The molecule has 100 valence electrons. The third-order valence-corrected chi connectivity index (χ3v) is 3.44. The molecule has 0 aromatic carbocycles. The number of nitrogens with one attached hydrogen (secondary N) is 1. The fourth-order valence-electron chi connectivity index (χ4n) is 1.53. The molecule has 1 N–H and O–H groups in total. The van der Waals surface area contributed by atoms with E-state index in [1.165, 1.54) is 12.2 Å². The van der Waals surface area contributed by atoms with E-state index in [0.717, 1.165) is 22.8 Å². The second-order valence-corrected chi connectivity index (χ2v) is 5.21. The first-order valence-electron chi connectivity index (χ1n) is 6.03. The lowest BCUT2D eigenvalue weighted by molar-refractivity contribution is -0.137. The smallest absolute Gasteiger partial charge is 0.253 e. The summed E-state index contributed by atoms with van der Waals surface area (Å²) in [6, 6.07) is 0. The van der Waals surface area contributed by atoms with Crippen molar-refractivity contribution in [2.75, 3.05) is 24.6 Å². The Morgan fingerprint density at radius 2 is 2.00 bits per heavy atom. The number of hydrogen-bond acceptors (Lipinski definition) is 4. The quantitative estimate of drug-likeness (QED) is 0.517. The van der Waals surface area contributed by atoms with Gasteiger partial charge in [-0.25, -0.2) is 0 Å². The van der Waals surface area contributed by atoms with Crippen LogP contribution in [0.25, 0.3) is 0 Å². The monoisotopic (exact) mass is 270 g/mol. The van der Waals surface area contributed by atoms with Gasteiger partial charge < -0.3 is 5.32 Å². The molecule has 6 heteroatoms. The largest absolute Gasteiger partial charge is 0.354 e. The highest BCUT2D eigenvalue weighted by molar-refractivity contribution is 7.99. The number of carbonyl (C=O) groups excluding carboxylic acids is 3. The first-order valence-corrected chi connectivity index (χ1v) is 7.18. The second kappa shape index (κ2) is 7.92. The van der Waals surface area contributed by atoms with Crippen LogP contribution in [0.15, 0.2) is 12.2 Å². The van der Waals surface area contributed by atoms with Gasteiger partial charge in [0.2, 0.25) is 5.91 Å². The van der Waals surface area contributed by atoms with Crippen LogP contribution in [0.5, 0.6) is 0 Å². The van der Waals surface area contributed by atoms with Crippen LogP contribution >= 0.6 is 11.8 Å². The van der Waals surface area contributed by atoms with E-state index in [9.17, 15) is 14.4 Å². The van der Waals surface area contributed by atoms with Crippen molar-refractivity contribution in [3.05, 3.63) is 12.2 Å². The minimum Gasteiger partial charge on any atom is -0.354 e. The molecule has 0 saturated heterocycles. The van der Waals surface area contributed by atoms with Gasteiger partial charge in [0.1, 0.15) is 0 Å². The Hall–Kier alpha value is -1.30. The summed E-state index contributed by atoms with van der Waals surface area (Å²) in [5.74, 6) is 1.39. The summed E-state index contributed by atoms with van der Waals surface area (Å²) in [6.07, 6.45) is 3.83. The molecule has 0 atom stereocenters. The molecule has 0 aromatic heterocycles. The van der Waals surface area contributed by atoms with Crippen molar-refractivity contribution in [3.8, 4) is 0 Å². The van der Waals surface area contributed by atoms with Crippen molar-refractivity contribution in [2.45, 2.75) is 19.8 Å². The molecule has 0 bridgehead atoms. The van der Waals surface area contributed by atoms with Gasteiger partial charge in [-0.3, -0.25) is 19.3 Å². The summed E-state index contributed by atoms with van der Waals surface area (Å²) in [7, 11) is 0. The van der Waals surface area contributed by atoms with E-state index in [-0.39, 0.29) is 24.3 Å². The van der Waals surface area contributed by atoms with Crippen molar-refractivity contribution >= 4 is 29.5 Å². The van der Waals surface area contributed by atoms with Gasteiger partial charge in [-0.1, -0.05) is 6.92 Å². The average Bonchev–Trinajstić information content (AvgIpc) is 2.66. The molecule has 18 heavy (non-hydrogen) atoms. The standard InChI is InChI=1S/C12H18N2O3S/c1-2-18-9-3-4-10(15)13-7-8-14-11(16)5-6-12(14)17/h5-6H,2-4,7-9H2,1H3,(H,13,15). The van der Waals surface area contributed by atoms with Gasteiger partial charge in [-0.05, 0) is 17.9 Å². The molecular weight excluding hydrogens is 252 g/mol. The Balaban J connectivity index is 2.09. The van der Waals surface area contributed by atoms with Crippen LogP contribution in [0.2, 0.25) is 0 Å². The molecule has 0 radical (unpaired) electrons. The maximum absolute atomic E-state index is 11.4. The summed E-state index contributed by atoms with van der Waals surface area (Å²) >= 11 is 1.81. The number of carbonyl (C=O) groups is 3. The molecular formula is C12H18N2O3S. The van der Waals surface area contributed by atoms with Crippen molar-refractivity contribution in [3.63, 3.8) is 0 Å². The van der Waals surface area contributed by atoms with Crippen LogP contribution in [-0.4, -0.2) is 47.2 Å². The van der Waals surface area contributed by atoms with Crippen LogP contribution in [-0.2, 0) is 14.4 Å². The maximum atomic E-state index is 11.4. The van der Waals surface area contributed by atoms with Crippen LogP contribution < -0.4 is 5.32 Å². The van der Waals surface area contributed by atoms with Crippen molar-refractivity contribution in [2.24, 2.45) is 0 Å². The summed E-state index contributed by atoms with van der Waals surface area (Å²) in [4.78, 5) is 35.0. The summed E-state index contributed by atoms with van der Waals surface area (Å²) in [6.45, 7) is 2.64. The van der Waals surface area contributed by atoms with E-state index in [2.05, 4.69) is 12.2 Å². The number of rotatable bonds is 8. The molecule has 1 heterocycles. The Morgan fingerprint density at radius 3 is 2.61 bits per heavy atom. The minimum atomic E-state index is -0.311. The zero-order valence-corrected chi connectivity index (χ0v) is 11.3. The highest BCUT2D eigenvalue weighted by Gasteiger charge is 2.22. The number of imide groups is 1. The SMILES string of the molecule is CCSCCCC(=O)NCCN1C(=O)C=CC1=O. The van der Waals surface area contributed by atoms with Gasteiger partial charge in [0, 0.05) is 31.7 Å². The van der Waals surface area contributed by atoms with Crippen LogP contribution in [0, 0.1) is 0 Å². The van der Waals surface area contributed by atoms with E-state index in [1.807, 2.05) is 11.8 Å². The van der Waals surface area contributed by atoms with Crippen LogP contribution in [0.1, 0.15) is 19.8 Å². The molecule has 0 unspecified atom stereocenters. The molecule has 1 aliphatic heterocycles. The zero-order valence-electron chi connectivity index (χ0n) is 10.5. The number of hydrogen-bond donors (Lipinski definition) is 1. The molecule has 0 spiro atoms. The molecule has 0 fully saturated rings. The molecule has 1 rings (SSSR count). The lowest BCUT2D eigenvalue weighted by atomic mass is 10.3. The third kappa shape index (κ3) is 4.91. The fraction of sp³-hybridized carbons (Fsp3) is 0.583. The number of thioether (sulfide) groups is 1. The van der Waals surface area contributed by atoms with Crippen molar-refractivity contribution in [1.82, 2.24) is 10.2 Å². The molecule has 1 aliphatic rings. The van der Waals surface area contributed by atoms with E-state index < -0.39 is 0 Å². The van der Waals surface area contributed by atoms with Gasteiger partial charge in [0.15, 0.2) is 0 Å². The lowest BCUT2D eigenvalue weighted by Crippen LogP contribution is -2.38. The van der Waals surface area contributed by atoms with Crippen molar-refractivity contribution in [1.29, 1.82) is 0 Å². The second-order valence-electron chi connectivity index (χ2n) is 3.81. The summed E-state index contributed by atoms with van der Waals surface area (Å²) in [5, 5.41) is 2.71. The minimum absolute atomic E-state index is 0.0289. The highest BCUT2D eigenvalue weighted by Crippen LogP contribution is 2.04. The Morgan fingerprint density at radius 1 is 1.33 bits per heavy atom. The Kier molecular flexibility index (Phi) is 6.49. The van der Waals surface area contributed by atoms with Gasteiger partial charge in [0.05, 0.1) is 0 Å². The predicted molar refractivity (Wildman–Crippen MR) is 71.1 cm³/mol. The lowest BCUT2D eigenvalue weighted by Gasteiger charge is -2.13. The Labute approximate surface area is 111 Å². The van der Waals surface area contributed by atoms with E-state index in [4.69, 9.17) is 0 Å². The van der Waals surface area contributed by atoms with Crippen LogP contribution in [0.4, 0.5) is 0 Å². The van der Waals surface area contributed by atoms with Gasteiger partial charge >= 0.3 is 0 Å². The summed E-state index contributed by atoms with van der Waals surface area (Å²) in [5.41, 5.74) is 0. The number of amides is 3. The molecule has 0 aliphatic carbocycles. The Bertz CT molecular complexity index is 337. The van der Waals surface area contributed by atoms with E-state index in [0.29, 0.717) is 13.0 Å². The topological polar surface area (TPSA) is 66.5 Å². The van der Waals surface area contributed by atoms with Crippen LogP contribution in [0.3, 0.4) is 0 Å². The number of nitrogens with zero attached hydrogens (tertiary/aromatic N) is 1. The van der Waals surface area contributed by atoms with Gasteiger partial charge in [-0.15, -0.1) is 0 Å². The highest BCUT2D eigenvalue weighted by atomic mass is 32.2. The van der Waals surface area contributed by atoms with E-state index >= 15 is 0 Å². The first-order chi connectivity index (χ1) is 8.65. The van der Waals surface area contributed by atoms with Gasteiger partial charge in [0.25, 0.3) is 11.8 Å². The zero-order chi connectivity index (χ0) is 13.4. The maximum Gasteiger partial charge on any atom is 0.253 e. The first kappa shape index (κ1) is 14.8. The predicted octanol–water partition coefficient (Wildman–Crippen LogP) is 0.561. The molecule has 0 aromatic rings. The molecule has 5 nitrogen and oxygen atoms in total. The third-order valence-electron chi connectivity index (χ3n) is 2.45. The average molecular weight is 270 g/mol. The molecule has 3 amide bonds. The van der Waals surface area contributed by atoms with E-state index in [1.54, 1.807) is 0 Å². The normalized spacial score (nSPS) is 14.4. The summed E-state index contributed by atoms with van der Waals surface area (Å²) < 4.78 is 0.